The monoisotopic (exact) mass is 425 g/mol. The molecule has 0 aliphatic carbocycles. The van der Waals surface area contributed by atoms with Gasteiger partial charge >= 0.3 is 6.03 Å². The second-order valence-corrected chi connectivity index (χ2v) is 7.12. The molecule has 1 atom stereocenters. The van der Waals surface area contributed by atoms with Gasteiger partial charge in [0.25, 0.3) is 0 Å². The van der Waals surface area contributed by atoms with Gasteiger partial charge in [-0.15, -0.1) is 0 Å². The first-order chi connectivity index (χ1) is 14.0. The number of anilines is 2. The van der Waals surface area contributed by atoms with Crippen LogP contribution < -0.4 is 10.2 Å². The van der Waals surface area contributed by atoms with Gasteiger partial charge in [-0.05, 0) is 54.1 Å². The minimum atomic E-state index is -0.983. The molecule has 0 spiro atoms. The predicted molar refractivity (Wildman–Crippen MR) is 117 cm³/mol. The Hall–Kier alpha value is -3.04. The van der Waals surface area contributed by atoms with E-state index in [1.807, 2.05) is 0 Å². The molecule has 0 saturated heterocycles. The Morgan fingerprint density at radius 3 is 2.28 bits per heavy atom. The second-order valence-electron chi connectivity index (χ2n) is 6.25. The molecule has 0 aliphatic rings. The van der Waals surface area contributed by atoms with Gasteiger partial charge in [0.2, 0.25) is 0 Å². The molecule has 7 heteroatoms. The van der Waals surface area contributed by atoms with Crippen molar-refractivity contribution in [2.75, 3.05) is 16.8 Å². The summed E-state index contributed by atoms with van der Waals surface area (Å²) < 4.78 is 0. The number of aliphatic hydroxyl groups excluding tert-OH is 1. The van der Waals surface area contributed by atoms with Gasteiger partial charge in [0.1, 0.15) is 0 Å². The Bertz CT molecular complexity index is 1030. The highest BCUT2D eigenvalue weighted by Gasteiger charge is 2.21. The van der Waals surface area contributed by atoms with Gasteiger partial charge in [0.05, 0.1) is 19.2 Å². The van der Waals surface area contributed by atoms with E-state index < -0.39 is 12.1 Å². The fourth-order valence-corrected chi connectivity index (χ4v) is 2.98. The molecular weight excluding hydrogens is 409 g/mol. The number of urea groups is 1. The largest absolute Gasteiger partial charge is 0.387 e. The van der Waals surface area contributed by atoms with Crippen molar-refractivity contribution in [3.8, 4) is 0 Å². The summed E-state index contributed by atoms with van der Waals surface area (Å²) in [7, 11) is 0. The molecule has 3 aromatic rings. The quantitative estimate of drug-likeness (QED) is 0.470. The van der Waals surface area contributed by atoms with Gasteiger partial charge in [0.15, 0.2) is 5.69 Å². The lowest BCUT2D eigenvalue weighted by molar-refractivity contribution is 0.183. The molecule has 29 heavy (non-hydrogen) atoms. The van der Waals surface area contributed by atoms with Crippen molar-refractivity contribution in [2.24, 2.45) is 0 Å². The summed E-state index contributed by atoms with van der Waals surface area (Å²) in [6, 6.07) is 19.7. The van der Waals surface area contributed by atoms with E-state index >= 15 is 0 Å². The molecule has 0 heterocycles. The lowest BCUT2D eigenvalue weighted by Crippen LogP contribution is -2.38. The van der Waals surface area contributed by atoms with Gasteiger partial charge in [-0.1, -0.05) is 47.5 Å². The minimum absolute atomic E-state index is 0.0114. The number of nitrogens with one attached hydrogen (secondary N) is 1. The molecule has 146 valence electrons. The van der Waals surface area contributed by atoms with Gasteiger partial charge in [-0.25, -0.2) is 9.64 Å². The van der Waals surface area contributed by atoms with Crippen LogP contribution in [0.15, 0.2) is 72.8 Å². The highest BCUT2D eigenvalue weighted by atomic mass is 35.5. The van der Waals surface area contributed by atoms with Crippen LogP contribution in [0.3, 0.4) is 0 Å². The van der Waals surface area contributed by atoms with E-state index in [2.05, 4.69) is 10.2 Å². The summed E-state index contributed by atoms with van der Waals surface area (Å²) in [5.74, 6) is 0. The van der Waals surface area contributed by atoms with Crippen LogP contribution in [0.4, 0.5) is 21.9 Å². The second kappa shape index (κ2) is 9.44. The molecule has 0 fully saturated rings. The predicted octanol–water partition coefficient (Wildman–Crippen LogP) is 6.32. The van der Waals surface area contributed by atoms with Crippen LogP contribution in [0.2, 0.25) is 10.0 Å². The molecule has 0 radical (unpaired) electrons. The minimum Gasteiger partial charge on any atom is -0.387 e. The molecule has 0 saturated carbocycles. The van der Waals surface area contributed by atoms with Crippen LogP contribution >= 0.6 is 23.2 Å². The number of carbonyl (C=O) groups excluding carboxylic acids is 1. The smallest absolute Gasteiger partial charge is 0.326 e. The van der Waals surface area contributed by atoms with E-state index in [4.69, 9.17) is 29.8 Å². The standard InChI is InChI=1S/C22H17Cl2N3O2/c1-25-19-4-2-3-15(13-19)21(28)14-27(20-11-7-17(24)8-12-20)22(29)26-18-9-5-16(23)6-10-18/h2-13,21,28H,14H2,(H,26,29). The third-order valence-corrected chi connectivity index (χ3v) is 4.72. The lowest BCUT2D eigenvalue weighted by Gasteiger charge is -2.26. The number of halogens is 2. The number of aliphatic hydroxyl groups is 1. The Morgan fingerprint density at radius 1 is 1.03 bits per heavy atom. The Kier molecular flexibility index (Phi) is 6.73. The molecule has 5 nitrogen and oxygen atoms in total. The first-order valence-corrected chi connectivity index (χ1v) is 9.47. The highest BCUT2D eigenvalue weighted by Crippen LogP contribution is 2.25. The van der Waals surface area contributed by atoms with E-state index in [1.54, 1.807) is 72.8 Å². The number of nitrogens with zero attached hydrogens (tertiary/aromatic N) is 2. The summed E-state index contributed by atoms with van der Waals surface area (Å²) >= 11 is 11.9. The highest BCUT2D eigenvalue weighted by molar-refractivity contribution is 6.31. The Balaban J connectivity index is 1.86. The SMILES string of the molecule is [C-]#[N+]c1cccc(C(O)CN(C(=O)Nc2ccc(Cl)cc2)c2ccc(Cl)cc2)c1. The maximum atomic E-state index is 13.0. The first-order valence-electron chi connectivity index (χ1n) is 8.71. The van der Waals surface area contributed by atoms with Crippen LogP contribution in [-0.4, -0.2) is 17.7 Å². The van der Waals surface area contributed by atoms with Crippen LogP contribution in [0.1, 0.15) is 11.7 Å². The maximum Gasteiger partial charge on any atom is 0.326 e. The summed E-state index contributed by atoms with van der Waals surface area (Å²) in [4.78, 5) is 17.8. The van der Waals surface area contributed by atoms with Crippen LogP contribution in [0.25, 0.3) is 4.85 Å². The number of amides is 2. The van der Waals surface area contributed by atoms with Crippen LogP contribution in [0.5, 0.6) is 0 Å². The van der Waals surface area contributed by atoms with Crippen molar-refractivity contribution in [2.45, 2.75) is 6.10 Å². The number of carbonyl (C=O) groups is 1. The molecule has 2 amide bonds. The van der Waals surface area contributed by atoms with Crippen molar-refractivity contribution in [1.82, 2.24) is 0 Å². The van der Waals surface area contributed by atoms with E-state index in [0.29, 0.717) is 32.7 Å². The van der Waals surface area contributed by atoms with Gasteiger partial charge in [-0.3, -0.25) is 4.90 Å². The zero-order chi connectivity index (χ0) is 20.8. The zero-order valence-corrected chi connectivity index (χ0v) is 16.7. The lowest BCUT2D eigenvalue weighted by atomic mass is 10.1. The number of hydrogen-bond acceptors (Lipinski definition) is 2. The van der Waals surface area contributed by atoms with Gasteiger partial charge < -0.3 is 10.4 Å². The third kappa shape index (κ3) is 5.49. The molecule has 2 N–H and O–H groups in total. The molecule has 0 bridgehead atoms. The van der Waals surface area contributed by atoms with E-state index in [0.717, 1.165) is 0 Å². The number of rotatable bonds is 5. The molecule has 3 aromatic carbocycles. The van der Waals surface area contributed by atoms with Crippen molar-refractivity contribution in [3.05, 3.63) is 99.8 Å². The average molecular weight is 426 g/mol. The third-order valence-electron chi connectivity index (χ3n) is 4.22. The summed E-state index contributed by atoms with van der Waals surface area (Å²) in [5.41, 5.74) is 2.12. The van der Waals surface area contributed by atoms with Crippen molar-refractivity contribution >= 4 is 46.3 Å². The van der Waals surface area contributed by atoms with Gasteiger partial charge in [-0.2, -0.15) is 0 Å². The Morgan fingerprint density at radius 2 is 1.66 bits per heavy atom. The molecule has 0 aromatic heterocycles. The molecule has 0 aliphatic heterocycles. The molecular formula is C22H17Cl2N3O2. The fraction of sp³-hybridized carbons (Fsp3) is 0.0909. The Labute approximate surface area is 178 Å². The van der Waals surface area contributed by atoms with Crippen LogP contribution in [-0.2, 0) is 0 Å². The molecule has 1 unspecified atom stereocenters. The zero-order valence-electron chi connectivity index (χ0n) is 15.2. The van der Waals surface area contributed by atoms with E-state index in [-0.39, 0.29) is 6.54 Å². The van der Waals surface area contributed by atoms with Crippen molar-refractivity contribution in [1.29, 1.82) is 0 Å². The summed E-state index contributed by atoms with van der Waals surface area (Å²) in [5, 5.41) is 14.6. The van der Waals surface area contributed by atoms with Crippen LogP contribution in [0, 0.1) is 6.57 Å². The fourth-order valence-electron chi connectivity index (χ4n) is 2.73. The number of benzene rings is 3. The number of hydrogen-bond donors (Lipinski definition) is 2. The maximum absolute atomic E-state index is 13.0. The van der Waals surface area contributed by atoms with Gasteiger partial charge in [0, 0.05) is 21.4 Å². The van der Waals surface area contributed by atoms with Crippen molar-refractivity contribution in [3.63, 3.8) is 0 Å². The van der Waals surface area contributed by atoms with E-state index in [9.17, 15) is 9.90 Å². The van der Waals surface area contributed by atoms with E-state index in [1.165, 1.54) is 4.90 Å². The summed E-state index contributed by atoms with van der Waals surface area (Å²) in [6.45, 7) is 7.12. The summed E-state index contributed by atoms with van der Waals surface area (Å²) in [6.07, 6.45) is -0.983. The molecule has 3 rings (SSSR count). The first kappa shape index (κ1) is 20.7. The topological polar surface area (TPSA) is 56.9 Å². The average Bonchev–Trinajstić information content (AvgIpc) is 2.74. The van der Waals surface area contributed by atoms with Crippen molar-refractivity contribution < 1.29 is 9.90 Å². The normalized spacial score (nSPS) is 11.4.